The van der Waals surface area contributed by atoms with E-state index in [1.165, 1.54) is 0 Å². The van der Waals surface area contributed by atoms with E-state index < -0.39 is 0 Å². The SMILES string of the molecule is CCCC(CN)c1nc2cccc(Cl)c2n1CCC. The van der Waals surface area contributed by atoms with Crippen molar-refractivity contribution in [2.45, 2.75) is 45.6 Å². The molecule has 1 unspecified atom stereocenters. The molecule has 0 bridgehead atoms. The number of hydrogen-bond donors (Lipinski definition) is 1. The number of fused-ring (bicyclic) bond motifs is 1. The fourth-order valence-electron chi connectivity index (χ4n) is 2.62. The van der Waals surface area contributed by atoms with E-state index in [0.717, 1.165) is 47.7 Å². The van der Waals surface area contributed by atoms with Gasteiger partial charge in [-0.15, -0.1) is 0 Å². The molecule has 2 aromatic rings. The van der Waals surface area contributed by atoms with Gasteiger partial charge in [-0.1, -0.05) is 37.9 Å². The van der Waals surface area contributed by atoms with E-state index in [-0.39, 0.29) is 0 Å². The predicted molar refractivity (Wildman–Crippen MR) is 81.7 cm³/mol. The molecule has 0 spiro atoms. The molecule has 19 heavy (non-hydrogen) atoms. The third-order valence-corrected chi connectivity index (χ3v) is 3.79. The number of hydrogen-bond acceptors (Lipinski definition) is 2. The van der Waals surface area contributed by atoms with Crippen LogP contribution >= 0.6 is 11.6 Å². The summed E-state index contributed by atoms with van der Waals surface area (Å²) in [5.74, 6) is 1.41. The minimum Gasteiger partial charge on any atom is -0.330 e. The van der Waals surface area contributed by atoms with E-state index in [0.29, 0.717) is 12.5 Å². The quantitative estimate of drug-likeness (QED) is 0.870. The smallest absolute Gasteiger partial charge is 0.114 e. The molecule has 0 saturated carbocycles. The lowest BCUT2D eigenvalue weighted by atomic mass is 10.0. The normalized spacial score (nSPS) is 13.1. The van der Waals surface area contributed by atoms with Gasteiger partial charge in [0.15, 0.2) is 0 Å². The summed E-state index contributed by atoms with van der Waals surface area (Å²) in [6, 6.07) is 5.91. The molecular weight excluding hydrogens is 258 g/mol. The zero-order valence-electron chi connectivity index (χ0n) is 11.7. The number of rotatable bonds is 6. The van der Waals surface area contributed by atoms with Crippen molar-refractivity contribution in [3.8, 4) is 0 Å². The summed E-state index contributed by atoms with van der Waals surface area (Å²) in [4.78, 5) is 4.78. The number of aryl methyl sites for hydroxylation is 1. The molecule has 104 valence electrons. The van der Waals surface area contributed by atoms with Gasteiger partial charge in [-0.05, 0) is 25.0 Å². The summed E-state index contributed by atoms with van der Waals surface area (Å²) in [6.45, 7) is 5.93. The van der Waals surface area contributed by atoms with Gasteiger partial charge >= 0.3 is 0 Å². The summed E-state index contributed by atoms with van der Waals surface area (Å²) in [6.07, 6.45) is 3.25. The highest BCUT2D eigenvalue weighted by Gasteiger charge is 2.19. The van der Waals surface area contributed by atoms with Crippen LogP contribution < -0.4 is 5.73 Å². The van der Waals surface area contributed by atoms with Gasteiger partial charge in [-0.3, -0.25) is 0 Å². The molecule has 0 amide bonds. The van der Waals surface area contributed by atoms with Crippen LogP contribution in [0, 0.1) is 0 Å². The molecule has 0 fully saturated rings. The van der Waals surface area contributed by atoms with Gasteiger partial charge in [0.25, 0.3) is 0 Å². The van der Waals surface area contributed by atoms with Gasteiger partial charge in [-0.2, -0.15) is 0 Å². The first-order valence-corrected chi connectivity index (χ1v) is 7.45. The monoisotopic (exact) mass is 279 g/mol. The Kier molecular flexibility index (Phi) is 4.83. The fraction of sp³-hybridized carbons (Fsp3) is 0.533. The highest BCUT2D eigenvalue weighted by molar-refractivity contribution is 6.35. The number of aromatic nitrogens is 2. The lowest BCUT2D eigenvalue weighted by Crippen LogP contribution is -2.17. The van der Waals surface area contributed by atoms with Gasteiger partial charge < -0.3 is 10.3 Å². The Hall–Kier alpha value is -1.06. The third kappa shape index (κ3) is 2.77. The third-order valence-electron chi connectivity index (χ3n) is 3.48. The second-order valence-electron chi connectivity index (χ2n) is 4.95. The molecule has 1 aromatic heterocycles. The van der Waals surface area contributed by atoms with E-state index in [2.05, 4.69) is 18.4 Å². The first-order valence-electron chi connectivity index (χ1n) is 7.07. The van der Waals surface area contributed by atoms with Gasteiger partial charge in [0, 0.05) is 19.0 Å². The minimum atomic E-state index is 0.319. The van der Waals surface area contributed by atoms with Gasteiger partial charge in [0.05, 0.1) is 16.1 Å². The number of nitrogens with two attached hydrogens (primary N) is 1. The Balaban J connectivity index is 2.59. The lowest BCUT2D eigenvalue weighted by molar-refractivity contribution is 0.544. The van der Waals surface area contributed by atoms with Crippen LogP contribution in [0.4, 0.5) is 0 Å². The van der Waals surface area contributed by atoms with Crippen LogP contribution in [0.25, 0.3) is 11.0 Å². The Morgan fingerprint density at radius 3 is 2.74 bits per heavy atom. The van der Waals surface area contributed by atoms with Gasteiger partial charge in [-0.25, -0.2) is 4.98 Å². The molecule has 4 heteroatoms. The maximum atomic E-state index is 6.34. The Bertz CT molecular complexity index is 548. The molecule has 2 rings (SSSR count). The summed E-state index contributed by atoms with van der Waals surface area (Å²) in [7, 11) is 0. The number of benzene rings is 1. The van der Waals surface area contributed by atoms with Gasteiger partial charge in [0.1, 0.15) is 5.82 Å². The minimum absolute atomic E-state index is 0.319. The van der Waals surface area contributed by atoms with Crippen molar-refractivity contribution < 1.29 is 0 Å². The molecule has 0 aliphatic carbocycles. The summed E-state index contributed by atoms with van der Waals surface area (Å²) in [5.41, 5.74) is 7.96. The first kappa shape index (κ1) is 14.4. The molecule has 0 aliphatic heterocycles. The van der Waals surface area contributed by atoms with Crippen LogP contribution in [0.3, 0.4) is 0 Å². The van der Waals surface area contributed by atoms with Crippen molar-refractivity contribution in [2.75, 3.05) is 6.54 Å². The van der Waals surface area contributed by atoms with Crippen LogP contribution in [-0.2, 0) is 6.54 Å². The molecule has 0 aliphatic rings. The van der Waals surface area contributed by atoms with Gasteiger partial charge in [0.2, 0.25) is 0 Å². The zero-order chi connectivity index (χ0) is 13.8. The van der Waals surface area contributed by atoms with Crippen molar-refractivity contribution in [2.24, 2.45) is 5.73 Å². The zero-order valence-corrected chi connectivity index (χ0v) is 12.5. The molecule has 0 radical (unpaired) electrons. The van der Waals surface area contributed by atoms with E-state index in [1.54, 1.807) is 0 Å². The van der Waals surface area contributed by atoms with E-state index in [9.17, 15) is 0 Å². The molecule has 3 nitrogen and oxygen atoms in total. The van der Waals surface area contributed by atoms with Crippen molar-refractivity contribution in [3.05, 3.63) is 29.0 Å². The highest BCUT2D eigenvalue weighted by Crippen LogP contribution is 2.29. The molecular formula is C15H22ClN3. The second kappa shape index (κ2) is 6.40. The topological polar surface area (TPSA) is 43.8 Å². The Labute approximate surface area is 119 Å². The largest absolute Gasteiger partial charge is 0.330 e. The van der Waals surface area contributed by atoms with Crippen molar-refractivity contribution in [1.82, 2.24) is 9.55 Å². The van der Waals surface area contributed by atoms with Crippen LogP contribution in [0.5, 0.6) is 0 Å². The summed E-state index contributed by atoms with van der Waals surface area (Å²) < 4.78 is 2.25. The predicted octanol–water partition coefficient (Wildman–Crippen LogP) is 3.94. The second-order valence-corrected chi connectivity index (χ2v) is 5.36. The number of nitrogens with zero attached hydrogens (tertiary/aromatic N) is 2. The van der Waals surface area contributed by atoms with Crippen molar-refractivity contribution >= 4 is 22.6 Å². The van der Waals surface area contributed by atoms with Crippen molar-refractivity contribution in [3.63, 3.8) is 0 Å². The highest BCUT2D eigenvalue weighted by atomic mass is 35.5. The van der Waals surface area contributed by atoms with E-state index in [4.69, 9.17) is 22.3 Å². The fourth-order valence-corrected chi connectivity index (χ4v) is 2.89. The average molecular weight is 280 g/mol. The molecule has 1 aromatic carbocycles. The number of imidazole rings is 1. The maximum Gasteiger partial charge on any atom is 0.114 e. The summed E-state index contributed by atoms with van der Waals surface area (Å²) in [5, 5.41) is 0.775. The van der Waals surface area contributed by atoms with Crippen molar-refractivity contribution in [1.29, 1.82) is 0 Å². The average Bonchev–Trinajstić information content (AvgIpc) is 2.77. The standard InChI is InChI=1S/C15H22ClN3/c1-3-6-11(10-17)15-18-13-8-5-7-12(16)14(13)19(15)9-4-2/h5,7-8,11H,3-4,6,9-10,17H2,1-2H3. The Morgan fingerprint density at radius 2 is 2.11 bits per heavy atom. The molecule has 1 atom stereocenters. The number of para-hydroxylation sites is 1. The molecule has 0 saturated heterocycles. The van der Waals surface area contributed by atoms with E-state index >= 15 is 0 Å². The van der Waals surface area contributed by atoms with Crippen LogP contribution in [-0.4, -0.2) is 16.1 Å². The van der Waals surface area contributed by atoms with Crippen LogP contribution in [0.15, 0.2) is 18.2 Å². The van der Waals surface area contributed by atoms with Crippen LogP contribution in [0.1, 0.15) is 44.9 Å². The summed E-state index contributed by atoms with van der Waals surface area (Å²) >= 11 is 6.34. The first-order chi connectivity index (χ1) is 9.22. The molecule has 2 N–H and O–H groups in total. The lowest BCUT2D eigenvalue weighted by Gasteiger charge is -2.16. The Morgan fingerprint density at radius 1 is 1.32 bits per heavy atom. The maximum absolute atomic E-state index is 6.34. The molecule has 1 heterocycles. The van der Waals surface area contributed by atoms with Crippen LogP contribution in [0.2, 0.25) is 5.02 Å². The number of halogens is 1. The van der Waals surface area contributed by atoms with E-state index in [1.807, 2.05) is 18.2 Å².